The zero-order chi connectivity index (χ0) is 18.5. The first-order chi connectivity index (χ1) is 13.3. The van der Waals surface area contributed by atoms with E-state index in [-0.39, 0.29) is 0 Å². The zero-order valence-electron chi connectivity index (χ0n) is 15.4. The Hall–Kier alpha value is -2.32. The lowest BCUT2D eigenvalue weighted by Crippen LogP contribution is -2.43. The molecule has 142 valence electrons. The number of nitrogens with one attached hydrogen (secondary N) is 1. The van der Waals surface area contributed by atoms with E-state index < -0.39 is 0 Å². The van der Waals surface area contributed by atoms with Crippen LogP contribution in [0.4, 0.5) is 5.69 Å². The van der Waals surface area contributed by atoms with Gasteiger partial charge in [-0.05, 0) is 47.5 Å². The van der Waals surface area contributed by atoms with Crippen molar-refractivity contribution in [3.63, 3.8) is 0 Å². The minimum Gasteiger partial charge on any atom is -0.464 e. The Morgan fingerprint density at radius 3 is 2.85 bits per heavy atom. The molecule has 0 saturated carbocycles. The van der Waals surface area contributed by atoms with Crippen LogP contribution in [0.2, 0.25) is 0 Å². The van der Waals surface area contributed by atoms with E-state index in [4.69, 9.17) is 4.42 Å². The molecule has 1 saturated heterocycles. The first kappa shape index (κ1) is 18.1. The van der Waals surface area contributed by atoms with E-state index in [1.807, 2.05) is 19.2 Å². The van der Waals surface area contributed by atoms with Crippen molar-refractivity contribution in [2.45, 2.75) is 24.0 Å². The summed E-state index contributed by atoms with van der Waals surface area (Å²) >= 11 is 1.69. The predicted molar refractivity (Wildman–Crippen MR) is 107 cm³/mol. The van der Waals surface area contributed by atoms with E-state index in [0.29, 0.717) is 6.04 Å². The molecule has 3 heterocycles. The molecule has 3 aromatic rings. The number of furan rings is 1. The van der Waals surface area contributed by atoms with Gasteiger partial charge in [-0.15, -0.1) is 5.10 Å². The molecule has 0 amide bonds. The van der Waals surface area contributed by atoms with Crippen LogP contribution in [0, 0.1) is 0 Å². The molecular weight excluding hydrogens is 360 g/mol. The second-order valence-electron chi connectivity index (χ2n) is 6.68. The largest absolute Gasteiger partial charge is 0.464 e. The summed E-state index contributed by atoms with van der Waals surface area (Å²) in [6.45, 7) is 3.11. The van der Waals surface area contributed by atoms with Crippen LogP contribution in [0.25, 0.3) is 11.3 Å². The number of hydrogen-bond donors (Lipinski definition) is 1. The summed E-state index contributed by atoms with van der Waals surface area (Å²) in [5.41, 5.74) is 2.40. The Bertz CT molecular complexity index is 842. The number of anilines is 1. The maximum atomic E-state index is 5.52. The molecule has 2 aromatic heterocycles. The highest BCUT2D eigenvalue weighted by Gasteiger charge is 2.19. The Balaban J connectivity index is 1.23. The first-order valence-electron chi connectivity index (χ1n) is 9.27. The number of aryl methyl sites for hydroxylation is 1. The first-order valence-corrected chi connectivity index (χ1v) is 10.3. The maximum absolute atomic E-state index is 5.52. The summed E-state index contributed by atoms with van der Waals surface area (Å²) in [6.07, 6.45) is 4.03. The molecule has 0 aliphatic carbocycles. The topological polar surface area (TPSA) is 72.0 Å². The molecule has 7 nitrogen and oxygen atoms in total. The third-order valence-electron chi connectivity index (χ3n) is 4.86. The van der Waals surface area contributed by atoms with Crippen LogP contribution in [0.5, 0.6) is 0 Å². The molecule has 1 aliphatic heterocycles. The van der Waals surface area contributed by atoms with Crippen molar-refractivity contribution in [3.05, 3.63) is 42.7 Å². The number of aromatic nitrogens is 4. The highest BCUT2D eigenvalue weighted by Crippen LogP contribution is 2.27. The fourth-order valence-corrected chi connectivity index (χ4v) is 4.11. The summed E-state index contributed by atoms with van der Waals surface area (Å²) in [4.78, 5) is 2.46. The van der Waals surface area contributed by atoms with Crippen LogP contribution in [0.1, 0.15) is 12.8 Å². The molecule has 8 heteroatoms. The van der Waals surface area contributed by atoms with Crippen molar-refractivity contribution in [1.29, 1.82) is 0 Å². The van der Waals surface area contributed by atoms with Crippen LogP contribution in [-0.4, -0.2) is 51.6 Å². The maximum Gasteiger partial charge on any atom is 0.209 e. The van der Waals surface area contributed by atoms with Crippen LogP contribution in [0.15, 0.2) is 52.2 Å². The number of piperidine rings is 1. The minimum atomic E-state index is 0.577. The molecule has 0 unspecified atom stereocenters. The molecule has 4 rings (SSSR count). The summed E-state index contributed by atoms with van der Waals surface area (Å²) < 4.78 is 7.23. The van der Waals surface area contributed by atoms with Gasteiger partial charge in [0.2, 0.25) is 5.16 Å². The number of nitrogens with zero attached hydrogens (tertiary/aromatic N) is 5. The van der Waals surface area contributed by atoms with E-state index in [1.54, 1.807) is 22.7 Å². The lowest BCUT2D eigenvalue weighted by molar-refractivity contribution is 0.425. The number of benzene rings is 1. The van der Waals surface area contributed by atoms with Crippen molar-refractivity contribution in [3.8, 4) is 11.3 Å². The van der Waals surface area contributed by atoms with Crippen molar-refractivity contribution in [1.82, 2.24) is 25.5 Å². The van der Waals surface area contributed by atoms with Gasteiger partial charge in [-0.3, -0.25) is 0 Å². The number of hydrogen-bond acceptors (Lipinski definition) is 7. The average molecular weight is 385 g/mol. The van der Waals surface area contributed by atoms with Crippen molar-refractivity contribution < 1.29 is 4.42 Å². The number of rotatable bonds is 7. The molecule has 1 aliphatic rings. The highest BCUT2D eigenvalue weighted by atomic mass is 32.2. The van der Waals surface area contributed by atoms with Gasteiger partial charge in [0, 0.05) is 49.7 Å². The zero-order valence-corrected chi connectivity index (χ0v) is 16.2. The number of tetrazole rings is 1. The van der Waals surface area contributed by atoms with Gasteiger partial charge < -0.3 is 14.6 Å². The van der Waals surface area contributed by atoms with Crippen molar-refractivity contribution in [2.24, 2.45) is 7.05 Å². The Labute approximate surface area is 163 Å². The van der Waals surface area contributed by atoms with Crippen LogP contribution in [-0.2, 0) is 7.05 Å². The lowest BCUT2D eigenvalue weighted by Gasteiger charge is -2.34. The van der Waals surface area contributed by atoms with Crippen molar-refractivity contribution in [2.75, 3.05) is 30.3 Å². The Morgan fingerprint density at radius 1 is 1.22 bits per heavy atom. The second kappa shape index (κ2) is 8.58. The van der Waals surface area contributed by atoms with Gasteiger partial charge in [-0.1, -0.05) is 23.9 Å². The summed E-state index contributed by atoms with van der Waals surface area (Å²) in [5.74, 6) is 1.89. The van der Waals surface area contributed by atoms with Gasteiger partial charge in [-0.25, -0.2) is 4.68 Å². The minimum absolute atomic E-state index is 0.577. The SMILES string of the molecule is Cn1nnnc1SCCNC1CCN(c2cccc(-c3ccco3)c2)CC1. The summed E-state index contributed by atoms with van der Waals surface area (Å²) in [7, 11) is 1.87. The fraction of sp³-hybridized carbons (Fsp3) is 0.421. The van der Waals surface area contributed by atoms with E-state index in [2.05, 4.69) is 50.0 Å². The Kier molecular flexibility index (Phi) is 5.74. The van der Waals surface area contributed by atoms with Gasteiger partial charge in [-0.2, -0.15) is 0 Å². The highest BCUT2D eigenvalue weighted by molar-refractivity contribution is 7.99. The lowest BCUT2D eigenvalue weighted by atomic mass is 10.0. The van der Waals surface area contributed by atoms with E-state index >= 15 is 0 Å². The average Bonchev–Trinajstić information content (AvgIpc) is 3.38. The number of thioether (sulfide) groups is 1. The Morgan fingerprint density at radius 2 is 2.11 bits per heavy atom. The van der Waals surface area contributed by atoms with Crippen LogP contribution >= 0.6 is 11.8 Å². The molecule has 0 atom stereocenters. The van der Waals surface area contributed by atoms with Gasteiger partial charge in [0.1, 0.15) is 5.76 Å². The third-order valence-corrected chi connectivity index (χ3v) is 5.87. The predicted octanol–water partition coefficient (Wildman–Crippen LogP) is 2.82. The monoisotopic (exact) mass is 384 g/mol. The summed E-state index contributed by atoms with van der Waals surface area (Å²) in [6, 6.07) is 13.1. The van der Waals surface area contributed by atoms with E-state index in [0.717, 1.165) is 54.7 Å². The quantitative estimate of drug-likeness (QED) is 0.496. The standard InChI is InChI=1S/C19H24N6OS/c1-24-19(21-22-23-24)27-13-9-20-16-7-10-25(11-8-16)17-5-2-4-15(14-17)18-6-3-12-26-18/h2-6,12,14,16,20H,7-11,13H2,1H3. The molecular formula is C19H24N6OS. The second-order valence-corrected chi connectivity index (χ2v) is 7.74. The molecule has 27 heavy (non-hydrogen) atoms. The molecule has 0 spiro atoms. The van der Waals surface area contributed by atoms with Crippen LogP contribution < -0.4 is 10.2 Å². The normalized spacial score (nSPS) is 15.4. The molecule has 0 bridgehead atoms. The molecule has 0 radical (unpaired) electrons. The van der Waals surface area contributed by atoms with Gasteiger partial charge in [0.25, 0.3) is 0 Å². The van der Waals surface area contributed by atoms with E-state index in [1.165, 1.54) is 5.69 Å². The fourth-order valence-electron chi connectivity index (χ4n) is 3.39. The molecule has 1 N–H and O–H groups in total. The van der Waals surface area contributed by atoms with Gasteiger partial charge >= 0.3 is 0 Å². The summed E-state index contributed by atoms with van der Waals surface area (Å²) in [5, 5.41) is 16.0. The van der Waals surface area contributed by atoms with Crippen molar-refractivity contribution >= 4 is 17.4 Å². The molecule has 1 aromatic carbocycles. The molecule has 1 fully saturated rings. The van der Waals surface area contributed by atoms with E-state index in [9.17, 15) is 0 Å². The van der Waals surface area contributed by atoms with Crippen LogP contribution in [0.3, 0.4) is 0 Å². The third kappa shape index (κ3) is 4.51. The van der Waals surface area contributed by atoms with Gasteiger partial charge in [0.05, 0.1) is 6.26 Å². The van der Waals surface area contributed by atoms with Gasteiger partial charge in [0.15, 0.2) is 0 Å². The smallest absolute Gasteiger partial charge is 0.209 e.